The van der Waals surface area contributed by atoms with Crippen molar-refractivity contribution >= 4 is 5.91 Å². The van der Waals surface area contributed by atoms with Gasteiger partial charge in [-0.2, -0.15) is 8.78 Å². The average Bonchev–Trinajstić information content (AvgIpc) is 2.38. The number of carbonyl (C=O) groups is 1. The standard InChI is InChI=1S/C12H15F2NO3/c1-15(12(16)11(13)14)7-8-18-10-5-3-9(17-2)4-6-10/h3-6,11H,7-8H2,1-2H3. The van der Waals surface area contributed by atoms with Gasteiger partial charge < -0.3 is 14.4 Å². The largest absolute Gasteiger partial charge is 0.497 e. The molecule has 100 valence electrons. The van der Waals surface area contributed by atoms with Crippen LogP contribution in [0.3, 0.4) is 0 Å². The predicted molar refractivity (Wildman–Crippen MR) is 62.1 cm³/mol. The van der Waals surface area contributed by atoms with E-state index in [1.165, 1.54) is 7.05 Å². The number of likely N-dealkylation sites (N-methyl/N-ethyl adjacent to an activating group) is 1. The molecule has 6 heteroatoms. The highest BCUT2D eigenvalue weighted by Crippen LogP contribution is 2.16. The first-order valence-corrected chi connectivity index (χ1v) is 5.34. The van der Waals surface area contributed by atoms with Gasteiger partial charge in [0.25, 0.3) is 5.91 Å². The Bertz CT molecular complexity index is 381. The smallest absolute Gasteiger partial charge is 0.315 e. The van der Waals surface area contributed by atoms with Gasteiger partial charge in [0.05, 0.1) is 13.7 Å². The minimum absolute atomic E-state index is 0.106. The van der Waals surface area contributed by atoms with Crippen LogP contribution in [0, 0.1) is 0 Å². The molecule has 0 heterocycles. The molecule has 0 aliphatic heterocycles. The first-order chi connectivity index (χ1) is 8.54. The molecule has 1 rings (SSSR count). The lowest BCUT2D eigenvalue weighted by atomic mass is 10.3. The van der Waals surface area contributed by atoms with Crippen molar-refractivity contribution in [3.63, 3.8) is 0 Å². The van der Waals surface area contributed by atoms with E-state index in [2.05, 4.69) is 0 Å². The van der Waals surface area contributed by atoms with Crippen LogP contribution in [-0.2, 0) is 4.79 Å². The lowest BCUT2D eigenvalue weighted by molar-refractivity contribution is -0.141. The second kappa shape index (κ2) is 6.78. The third kappa shape index (κ3) is 4.20. The van der Waals surface area contributed by atoms with Gasteiger partial charge in [-0.15, -0.1) is 0 Å². The molecule has 1 aromatic rings. The molecule has 0 aromatic heterocycles. The number of hydrogen-bond donors (Lipinski definition) is 0. The third-order valence-electron chi connectivity index (χ3n) is 2.32. The van der Waals surface area contributed by atoms with E-state index in [1.807, 2.05) is 0 Å². The highest BCUT2D eigenvalue weighted by atomic mass is 19.3. The maximum atomic E-state index is 12.1. The molecule has 0 radical (unpaired) electrons. The summed E-state index contributed by atoms with van der Waals surface area (Å²) in [6.07, 6.45) is -2.98. The van der Waals surface area contributed by atoms with Gasteiger partial charge >= 0.3 is 6.43 Å². The Morgan fingerprint density at radius 1 is 1.28 bits per heavy atom. The molecule has 0 aliphatic rings. The van der Waals surface area contributed by atoms with Crippen molar-refractivity contribution in [1.82, 2.24) is 4.90 Å². The Kier molecular flexibility index (Phi) is 5.35. The van der Waals surface area contributed by atoms with Crippen LogP contribution in [0.4, 0.5) is 8.78 Å². The van der Waals surface area contributed by atoms with Gasteiger partial charge in [-0.25, -0.2) is 0 Å². The second-order valence-electron chi connectivity index (χ2n) is 3.58. The highest BCUT2D eigenvalue weighted by Gasteiger charge is 2.19. The van der Waals surface area contributed by atoms with E-state index in [4.69, 9.17) is 9.47 Å². The molecule has 1 aromatic carbocycles. The van der Waals surface area contributed by atoms with E-state index in [-0.39, 0.29) is 13.2 Å². The van der Waals surface area contributed by atoms with Crippen molar-refractivity contribution in [3.05, 3.63) is 24.3 Å². The SMILES string of the molecule is COc1ccc(OCCN(C)C(=O)C(F)F)cc1. The lowest BCUT2D eigenvalue weighted by Crippen LogP contribution is -2.35. The summed E-state index contributed by atoms with van der Waals surface area (Å²) >= 11 is 0. The zero-order chi connectivity index (χ0) is 13.5. The summed E-state index contributed by atoms with van der Waals surface area (Å²) < 4.78 is 34.4. The van der Waals surface area contributed by atoms with E-state index < -0.39 is 12.3 Å². The zero-order valence-corrected chi connectivity index (χ0v) is 10.2. The number of rotatable bonds is 6. The summed E-state index contributed by atoms with van der Waals surface area (Å²) in [5.41, 5.74) is 0. The summed E-state index contributed by atoms with van der Waals surface area (Å²) in [5, 5.41) is 0. The summed E-state index contributed by atoms with van der Waals surface area (Å²) in [5.74, 6) is 0.0920. The fraction of sp³-hybridized carbons (Fsp3) is 0.417. The van der Waals surface area contributed by atoms with Crippen LogP contribution in [-0.4, -0.2) is 44.5 Å². The molecular weight excluding hydrogens is 244 g/mol. The summed E-state index contributed by atoms with van der Waals surface area (Å²) in [6, 6.07) is 6.86. The number of hydrogen-bond acceptors (Lipinski definition) is 3. The second-order valence-corrected chi connectivity index (χ2v) is 3.58. The molecule has 0 bridgehead atoms. The van der Waals surface area contributed by atoms with Crippen LogP contribution in [0.1, 0.15) is 0 Å². The Morgan fingerprint density at radius 3 is 2.33 bits per heavy atom. The Labute approximate surface area is 104 Å². The maximum absolute atomic E-state index is 12.1. The molecule has 0 fully saturated rings. The lowest BCUT2D eigenvalue weighted by Gasteiger charge is -2.16. The van der Waals surface area contributed by atoms with Gasteiger partial charge in [0, 0.05) is 7.05 Å². The van der Waals surface area contributed by atoms with E-state index in [1.54, 1.807) is 31.4 Å². The van der Waals surface area contributed by atoms with Gasteiger partial charge in [-0.3, -0.25) is 4.79 Å². The minimum Gasteiger partial charge on any atom is -0.497 e. The zero-order valence-electron chi connectivity index (χ0n) is 10.2. The van der Waals surface area contributed by atoms with Crippen molar-refractivity contribution in [2.75, 3.05) is 27.3 Å². The van der Waals surface area contributed by atoms with Gasteiger partial charge in [0.15, 0.2) is 0 Å². The summed E-state index contributed by atoms with van der Waals surface area (Å²) in [4.78, 5) is 11.8. The molecule has 18 heavy (non-hydrogen) atoms. The summed E-state index contributed by atoms with van der Waals surface area (Å²) in [7, 11) is 2.87. The fourth-order valence-electron chi connectivity index (χ4n) is 1.25. The predicted octanol–water partition coefficient (Wildman–Crippen LogP) is 1.80. The van der Waals surface area contributed by atoms with Crippen molar-refractivity contribution in [2.45, 2.75) is 6.43 Å². The van der Waals surface area contributed by atoms with Crippen LogP contribution < -0.4 is 9.47 Å². The molecule has 0 saturated carbocycles. The Morgan fingerprint density at radius 2 is 1.83 bits per heavy atom. The Hall–Kier alpha value is -1.85. The molecule has 0 unspecified atom stereocenters. The third-order valence-corrected chi connectivity index (χ3v) is 2.32. The molecular formula is C12H15F2NO3. The molecule has 1 amide bonds. The number of halogens is 2. The minimum atomic E-state index is -2.98. The molecule has 0 aliphatic carbocycles. The van der Waals surface area contributed by atoms with Crippen LogP contribution >= 0.6 is 0 Å². The quantitative estimate of drug-likeness (QED) is 0.782. The van der Waals surface area contributed by atoms with Crippen molar-refractivity contribution in [3.8, 4) is 11.5 Å². The number of nitrogens with zero attached hydrogens (tertiary/aromatic N) is 1. The molecule has 0 atom stereocenters. The number of amides is 1. The van der Waals surface area contributed by atoms with E-state index in [9.17, 15) is 13.6 Å². The van der Waals surface area contributed by atoms with Gasteiger partial charge in [-0.05, 0) is 24.3 Å². The number of alkyl halides is 2. The highest BCUT2D eigenvalue weighted by molar-refractivity contribution is 5.78. The van der Waals surface area contributed by atoms with Crippen LogP contribution in [0.15, 0.2) is 24.3 Å². The number of benzene rings is 1. The van der Waals surface area contributed by atoms with Crippen molar-refractivity contribution < 1.29 is 23.0 Å². The van der Waals surface area contributed by atoms with E-state index in [0.29, 0.717) is 11.5 Å². The molecule has 0 N–H and O–H groups in total. The van der Waals surface area contributed by atoms with Crippen LogP contribution in [0.5, 0.6) is 11.5 Å². The van der Waals surface area contributed by atoms with Crippen LogP contribution in [0.2, 0.25) is 0 Å². The van der Waals surface area contributed by atoms with Gasteiger partial charge in [0.1, 0.15) is 18.1 Å². The van der Waals surface area contributed by atoms with Crippen molar-refractivity contribution in [2.24, 2.45) is 0 Å². The van der Waals surface area contributed by atoms with E-state index >= 15 is 0 Å². The normalized spacial score (nSPS) is 10.3. The molecule has 4 nitrogen and oxygen atoms in total. The average molecular weight is 259 g/mol. The Balaban J connectivity index is 2.34. The molecule has 0 spiro atoms. The van der Waals surface area contributed by atoms with Crippen molar-refractivity contribution in [1.29, 1.82) is 0 Å². The summed E-state index contributed by atoms with van der Waals surface area (Å²) in [6.45, 7) is 0.260. The maximum Gasteiger partial charge on any atom is 0.315 e. The fourth-order valence-corrected chi connectivity index (χ4v) is 1.25. The number of ether oxygens (including phenoxy) is 2. The molecule has 0 saturated heterocycles. The van der Waals surface area contributed by atoms with Gasteiger partial charge in [0.2, 0.25) is 0 Å². The topological polar surface area (TPSA) is 38.8 Å². The number of methoxy groups -OCH3 is 1. The number of carbonyl (C=O) groups excluding carboxylic acids is 1. The van der Waals surface area contributed by atoms with E-state index in [0.717, 1.165) is 4.90 Å². The first kappa shape index (κ1) is 14.2. The van der Waals surface area contributed by atoms with Gasteiger partial charge in [-0.1, -0.05) is 0 Å². The monoisotopic (exact) mass is 259 g/mol. The first-order valence-electron chi connectivity index (χ1n) is 5.34. The van der Waals surface area contributed by atoms with Crippen LogP contribution in [0.25, 0.3) is 0 Å².